The van der Waals surface area contributed by atoms with Crippen molar-refractivity contribution in [3.8, 4) is 11.5 Å². The van der Waals surface area contributed by atoms with E-state index in [9.17, 15) is 13.2 Å². The zero-order chi connectivity index (χ0) is 22.0. The van der Waals surface area contributed by atoms with Crippen molar-refractivity contribution in [3.63, 3.8) is 0 Å². The van der Waals surface area contributed by atoms with E-state index in [4.69, 9.17) is 9.47 Å². The quantitative estimate of drug-likeness (QED) is 0.754. The van der Waals surface area contributed by atoms with Gasteiger partial charge >= 0.3 is 0 Å². The number of hydrogen-bond acceptors (Lipinski definition) is 6. The number of nitrogens with one attached hydrogen (secondary N) is 1. The summed E-state index contributed by atoms with van der Waals surface area (Å²) in [7, 11) is -3.62. The van der Waals surface area contributed by atoms with Gasteiger partial charge in [-0.3, -0.25) is 9.48 Å². The Labute approximate surface area is 182 Å². The fraction of sp³-hybridized carbons (Fsp3) is 0.524. The van der Waals surface area contributed by atoms with E-state index in [1.807, 2.05) is 0 Å². The molecule has 0 saturated carbocycles. The number of ether oxygens (including phenoxy) is 2. The highest BCUT2D eigenvalue weighted by Crippen LogP contribution is 2.32. The molecule has 1 aromatic carbocycles. The van der Waals surface area contributed by atoms with Crippen molar-refractivity contribution in [2.45, 2.75) is 51.0 Å². The molecule has 31 heavy (non-hydrogen) atoms. The van der Waals surface area contributed by atoms with E-state index in [1.165, 1.54) is 8.99 Å². The predicted octanol–water partition coefficient (Wildman–Crippen LogP) is 2.47. The smallest absolute Gasteiger partial charge is 0.246 e. The van der Waals surface area contributed by atoms with Crippen LogP contribution in [0, 0.1) is 13.8 Å². The van der Waals surface area contributed by atoms with Gasteiger partial charge in [0.2, 0.25) is 15.9 Å². The maximum Gasteiger partial charge on any atom is 0.246 e. The minimum absolute atomic E-state index is 0.0867. The Morgan fingerprint density at radius 1 is 1.06 bits per heavy atom. The average Bonchev–Trinajstić information content (AvgIpc) is 2.90. The zero-order valence-corrected chi connectivity index (χ0v) is 18.7. The summed E-state index contributed by atoms with van der Waals surface area (Å²) in [6, 6.07) is 5.24. The molecule has 2 aliphatic rings. The van der Waals surface area contributed by atoms with Crippen LogP contribution in [0.2, 0.25) is 0 Å². The Morgan fingerprint density at radius 3 is 2.52 bits per heavy atom. The molecule has 2 aromatic rings. The Balaban J connectivity index is 1.49. The molecule has 0 radical (unpaired) electrons. The van der Waals surface area contributed by atoms with Crippen molar-refractivity contribution in [2.75, 3.05) is 31.6 Å². The summed E-state index contributed by atoms with van der Waals surface area (Å²) in [6.45, 7) is 5.48. The zero-order valence-electron chi connectivity index (χ0n) is 17.9. The van der Waals surface area contributed by atoms with E-state index in [0.717, 1.165) is 25.7 Å². The van der Waals surface area contributed by atoms with Crippen molar-refractivity contribution in [2.24, 2.45) is 0 Å². The van der Waals surface area contributed by atoms with E-state index in [0.29, 0.717) is 54.9 Å². The third kappa shape index (κ3) is 4.54. The van der Waals surface area contributed by atoms with E-state index >= 15 is 0 Å². The fourth-order valence-corrected chi connectivity index (χ4v) is 5.91. The number of amides is 1. The van der Waals surface area contributed by atoms with Crippen LogP contribution >= 0.6 is 0 Å². The van der Waals surface area contributed by atoms with Gasteiger partial charge in [0, 0.05) is 31.3 Å². The molecule has 0 aliphatic carbocycles. The molecule has 4 rings (SSSR count). The Kier molecular flexibility index (Phi) is 6.19. The number of hydrogen-bond donors (Lipinski definition) is 1. The van der Waals surface area contributed by atoms with Crippen molar-refractivity contribution in [1.82, 2.24) is 14.1 Å². The first-order valence-corrected chi connectivity index (χ1v) is 12.0. The topological polar surface area (TPSA) is 103 Å². The number of aryl methyl sites for hydroxylation is 1. The van der Waals surface area contributed by atoms with Crippen LogP contribution < -0.4 is 14.8 Å². The first kappa shape index (κ1) is 21.6. The summed E-state index contributed by atoms with van der Waals surface area (Å²) >= 11 is 0. The Hall–Kier alpha value is -2.59. The van der Waals surface area contributed by atoms with E-state index < -0.39 is 10.0 Å². The fourth-order valence-electron chi connectivity index (χ4n) is 4.02. The minimum atomic E-state index is -3.62. The number of anilines is 1. The van der Waals surface area contributed by atoms with Crippen molar-refractivity contribution >= 4 is 21.6 Å². The lowest BCUT2D eigenvalue weighted by Gasteiger charge is -2.25. The number of rotatable bonds is 5. The second-order valence-electron chi connectivity index (χ2n) is 7.88. The van der Waals surface area contributed by atoms with Gasteiger partial charge < -0.3 is 14.8 Å². The molecule has 0 atom stereocenters. The highest BCUT2D eigenvalue weighted by atomic mass is 32.2. The molecule has 1 saturated heterocycles. The third-order valence-corrected chi connectivity index (χ3v) is 7.70. The third-order valence-electron chi connectivity index (χ3n) is 5.55. The number of carbonyl (C=O) groups excluding carboxylic acids is 1. The molecule has 168 valence electrons. The molecule has 1 fully saturated rings. The second kappa shape index (κ2) is 8.88. The molecular weight excluding hydrogens is 420 g/mol. The minimum Gasteiger partial charge on any atom is -0.490 e. The SMILES string of the molecule is Cc1nn(CC(=O)Nc2ccc3c(c2)OCCCO3)c(C)c1S(=O)(=O)N1CCCCC1. The van der Waals surface area contributed by atoms with Gasteiger partial charge in [0.05, 0.1) is 24.6 Å². The van der Waals surface area contributed by atoms with Gasteiger partial charge in [0.25, 0.3) is 0 Å². The van der Waals surface area contributed by atoms with Crippen LogP contribution in [0.5, 0.6) is 11.5 Å². The highest BCUT2D eigenvalue weighted by molar-refractivity contribution is 7.89. The lowest BCUT2D eigenvalue weighted by Crippen LogP contribution is -2.36. The van der Waals surface area contributed by atoms with E-state index in [-0.39, 0.29) is 17.3 Å². The molecule has 0 spiro atoms. The molecular formula is C21H28N4O5S. The summed E-state index contributed by atoms with van der Waals surface area (Å²) in [5.41, 5.74) is 1.46. The number of fused-ring (bicyclic) bond motifs is 1. The molecule has 9 nitrogen and oxygen atoms in total. The van der Waals surface area contributed by atoms with Crippen molar-refractivity contribution < 1.29 is 22.7 Å². The van der Waals surface area contributed by atoms with E-state index in [2.05, 4.69) is 10.4 Å². The van der Waals surface area contributed by atoms with Gasteiger partial charge in [-0.25, -0.2) is 8.42 Å². The number of sulfonamides is 1. The lowest BCUT2D eigenvalue weighted by atomic mass is 10.2. The van der Waals surface area contributed by atoms with Crippen LogP contribution in [-0.2, 0) is 21.4 Å². The molecule has 1 aromatic heterocycles. The molecule has 0 bridgehead atoms. The molecule has 2 aliphatic heterocycles. The van der Waals surface area contributed by atoms with Crippen LogP contribution in [-0.4, -0.2) is 54.7 Å². The summed E-state index contributed by atoms with van der Waals surface area (Å²) in [5.74, 6) is 0.944. The van der Waals surface area contributed by atoms with Crippen LogP contribution in [0.4, 0.5) is 5.69 Å². The van der Waals surface area contributed by atoms with Crippen LogP contribution in [0.1, 0.15) is 37.1 Å². The maximum atomic E-state index is 13.1. The normalized spacial score (nSPS) is 17.2. The summed E-state index contributed by atoms with van der Waals surface area (Å²) in [6.07, 6.45) is 3.58. The lowest BCUT2D eigenvalue weighted by molar-refractivity contribution is -0.116. The standard InChI is InChI=1S/C21H28N4O5S/c1-15-21(31(27,28)24-9-4-3-5-10-24)16(2)25(23-15)14-20(26)22-17-7-8-18-19(13-17)30-12-6-11-29-18/h7-8,13H,3-6,9-12,14H2,1-2H3,(H,22,26). The molecule has 1 N–H and O–H groups in total. The van der Waals surface area contributed by atoms with Crippen molar-refractivity contribution in [1.29, 1.82) is 0 Å². The molecule has 10 heteroatoms. The Bertz CT molecular complexity index is 1070. The molecule has 0 unspecified atom stereocenters. The first-order valence-electron chi connectivity index (χ1n) is 10.6. The first-order chi connectivity index (χ1) is 14.9. The van der Waals surface area contributed by atoms with Gasteiger partial charge in [0.15, 0.2) is 11.5 Å². The monoisotopic (exact) mass is 448 g/mol. The summed E-state index contributed by atoms with van der Waals surface area (Å²) in [4.78, 5) is 12.8. The summed E-state index contributed by atoms with van der Waals surface area (Å²) in [5, 5.41) is 7.16. The van der Waals surface area contributed by atoms with Gasteiger partial charge in [0.1, 0.15) is 11.4 Å². The largest absolute Gasteiger partial charge is 0.490 e. The average molecular weight is 449 g/mol. The van der Waals surface area contributed by atoms with Gasteiger partial charge in [-0.2, -0.15) is 9.40 Å². The van der Waals surface area contributed by atoms with Crippen LogP contribution in [0.15, 0.2) is 23.1 Å². The number of piperidine rings is 1. The second-order valence-corrected chi connectivity index (χ2v) is 9.76. The number of aromatic nitrogens is 2. The van der Waals surface area contributed by atoms with Crippen LogP contribution in [0.25, 0.3) is 0 Å². The Morgan fingerprint density at radius 2 is 1.77 bits per heavy atom. The maximum absolute atomic E-state index is 13.1. The van der Waals surface area contributed by atoms with Gasteiger partial charge in [-0.15, -0.1) is 0 Å². The number of carbonyl (C=O) groups is 1. The molecule has 1 amide bonds. The van der Waals surface area contributed by atoms with Crippen molar-refractivity contribution in [3.05, 3.63) is 29.6 Å². The number of nitrogens with zero attached hydrogens (tertiary/aromatic N) is 3. The summed E-state index contributed by atoms with van der Waals surface area (Å²) < 4.78 is 40.5. The molecule has 3 heterocycles. The highest BCUT2D eigenvalue weighted by Gasteiger charge is 2.32. The van der Waals surface area contributed by atoms with E-state index in [1.54, 1.807) is 32.0 Å². The van der Waals surface area contributed by atoms with Gasteiger partial charge in [-0.1, -0.05) is 6.42 Å². The predicted molar refractivity (Wildman–Crippen MR) is 115 cm³/mol. The van der Waals surface area contributed by atoms with Gasteiger partial charge in [-0.05, 0) is 38.8 Å². The van der Waals surface area contributed by atoms with Crippen LogP contribution in [0.3, 0.4) is 0 Å². The number of benzene rings is 1.